The summed E-state index contributed by atoms with van der Waals surface area (Å²) in [5.41, 5.74) is 1.32. The molecule has 122 valence electrons. The molecule has 1 unspecified atom stereocenters. The zero-order valence-electron chi connectivity index (χ0n) is 14.0. The third-order valence-corrected chi connectivity index (χ3v) is 4.79. The van der Waals surface area contributed by atoms with Crippen molar-refractivity contribution in [3.8, 4) is 0 Å². The Labute approximate surface area is 134 Å². The van der Waals surface area contributed by atoms with Crippen LogP contribution in [0.3, 0.4) is 0 Å². The van der Waals surface area contributed by atoms with Crippen LogP contribution in [0.15, 0.2) is 30.3 Å². The number of hydrogen-bond acceptors (Lipinski definition) is 2. The van der Waals surface area contributed by atoms with Crippen LogP contribution in [0.4, 0.5) is 0 Å². The smallest absolute Gasteiger partial charge is 0.220 e. The van der Waals surface area contributed by atoms with E-state index in [4.69, 9.17) is 0 Å². The summed E-state index contributed by atoms with van der Waals surface area (Å²) in [5.74, 6) is 1.85. The van der Waals surface area contributed by atoms with Crippen molar-refractivity contribution in [2.24, 2.45) is 11.8 Å². The number of carbonyl (C=O) groups excluding carboxylic acids is 1. The van der Waals surface area contributed by atoms with E-state index in [1.807, 2.05) is 6.07 Å². The molecule has 0 radical (unpaired) electrons. The van der Waals surface area contributed by atoms with Gasteiger partial charge in [0, 0.05) is 18.9 Å². The topological polar surface area (TPSA) is 41.1 Å². The first-order chi connectivity index (χ1) is 10.7. The van der Waals surface area contributed by atoms with Crippen molar-refractivity contribution in [3.05, 3.63) is 35.9 Å². The lowest BCUT2D eigenvalue weighted by Gasteiger charge is -2.23. The monoisotopic (exact) mass is 302 g/mol. The Hall–Kier alpha value is -1.35. The molecule has 1 aromatic carbocycles. The van der Waals surface area contributed by atoms with Gasteiger partial charge in [-0.05, 0) is 49.8 Å². The van der Waals surface area contributed by atoms with E-state index in [1.54, 1.807) is 0 Å². The van der Waals surface area contributed by atoms with Gasteiger partial charge in [0.2, 0.25) is 5.91 Å². The van der Waals surface area contributed by atoms with Crippen LogP contribution in [0.1, 0.15) is 51.0 Å². The average molecular weight is 302 g/mol. The number of nitrogens with one attached hydrogen (secondary N) is 2. The molecule has 0 bridgehead atoms. The second-order valence-corrected chi connectivity index (χ2v) is 6.80. The number of benzene rings is 1. The number of piperidine rings is 1. The van der Waals surface area contributed by atoms with Gasteiger partial charge < -0.3 is 10.6 Å². The Morgan fingerprint density at radius 1 is 1.23 bits per heavy atom. The maximum absolute atomic E-state index is 12.1. The summed E-state index contributed by atoms with van der Waals surface area (Å²) in [6, 6.07) is 10.5. The predicted molar refractivity (Wildman–Crippen MR) is 91.9 cm³/mol. The molecule has 0 saturated carbocycles. The van der Waals surface area contributed by atoms with E-state index < -0.39 is 0 Å². The minimum Gasteiger partial charge on any atom is -0.355 e. The van der Waals surface area contributed by atoms with E-state index in [-0.39, 0.29) is 5.91 Å². The highest BCUT2D eigenvalue weighted by Crippen LogP contribution is 2.23. The van der Waals surface area contributed by atoms with Gasteiger partial charge in [-0.2, -0.15) is 0 Å². The molecule has 1 atom stereocenters. The Bertz CT molecular complexity index is 438. The van der Waals surface area contributed by atoms with E-state index in [2.05, 4.69) is 48.7 Å². The normalized spacial score (nSPS) is 17.4. The lowest BCUT2D eigenvalue weighted by Crippen LogP contribution is -2.32. The molecule has 0 aliphatic carbocycles. The van der Waals surface area contributed by atoms with E-state index in [1.165, 1.54) is 18.4 Å². The van der Waals surface area contributed by atoms with E-state index in [0.717, 1.165) is 32.0 Å². The van der Waals surface area contributed by atoms with Crippen LogP contribution < -0.4 is 10.6 Å². The maximum Gasteiger partial charge on any atom is 0.220 e. The van der Waals surface area contributed by atoms with Crippen LogP contribution >= 0.6 is 0 Å². The molecule has 1 saturated heterocycles. The van der Waals surface area contributed by atoms with Crippen LogP contribution in [0.2, 0.25) is 0 Å². The summed E-state index contributed by atoms with van der Waals surface area (Å²) in [6.45, 7) is 7.40. The van der Waals surface area contributed by atoms with Crippen molar-refractivity contribution >= 4 is 5.91 Å². The zero-order valence-corrected chi connectivity index (χ0v) is 14.0. The summed E-state index contributed by atoms with van der Waals surface area (Å²) in [6.07, 6.45) is 4.13. The summed E-state index contributed by atoms with van der Waals surface area (Å²) in [7, 11) is 0. The standard InChI is InChI=1S/C19H30N2O/c1-15(2)18(17-6-4-3-5-7-17)14-21-19(22)9-8-16-10-12-20-13-11-16/h3-7,15-16,18,20H,8-14H2,1-2H3,(H,21,22). The van der Waals surface area contributed by atoms with Gasteiger partial charge in [0.25, 0.3) is 0 Å². The largest absolute Gasteiger partial charge is 0.355 e. The van der Waals surface area contributed by atoms with E-state index in [0.29, 0.717) is 18.3 Å². The van der Waals surface area contributed by atoms with Crippen LogP contribution in [-0.4, -0.2) is 25.5 Å². The second-order valence-electron chi connectivity index (χ2n) is 6.80. The fourth-order valence-electron chi connectivity index (χ4n) is 3.26. The van der Waals surface area contributed by atoms with Crippen molar-refractivity contribution in [2.45, 2.75) is 45.4 Å². The minimum absolute atomic E-state index is 0.208. The molecule has 3 nitrogen and oxygen atoms in total. The fraction of sp³-hybridized carbons (Fsp3) is 0.632. The first-order valence-corrected chi connectivity index (χ1v) is 8.69. The molecular weight excluding hydrogens is 272 g/mol. The number of rotatable bonds is 7. The first kappa shape index (κ1) is 17.0. The third kappa shape index (κ3) is 5.45. The maximum atomic E-state index is 12.1. The van der Waals surface area contributed by atoms with Crippen LogP contribution in [0.25, 0.3) is 0 Å². The summed E-state index contributed by atoms with van der Waals surface area (Å²) >= 11 is 0. The molecule has 2 rings (SSSR count). The Balaban J connectivity index is 1.75. The molecule has 1 fully saturated rings. The highest BCUT2D eigenvalue weighted by Gasteiger charge is 2.18. The van der Waals surface area contributed by atoms with Crippen molar-refractivity contribution < 1.29 is 4.79 Å². The summed E-state index contributed by atoms with van der Waals surface area (Å²) in [5, 5.41) is 6.52. The van der Waals surface area contributed by atoms with Gasteiger partial charge >= 0.3 is 0 Å². The van der Waals surface area contributed by atoms with Gasteiger partial charge in [-0.25, -0.2) is 0 Å². The number of amides is 1. The van der Waals surface area contributed by atoms with Gasteiger partial charge in [-0.15, -0.1) is 0 Å². The molecule has 1 amide bonds. The molecule has 3 heteroatoms. The Morgan fingerprint density at radius 3 is 2.55 bits per heavy atom. The van der Waals surface area contributed by atoms with Crippen molar-refractivity contribution in [1.29, 1.82) is 0 Å². The molecule has 22 heavy (non-hydrogen) atoms. The number of hydrogen-bond donors (Lipinski definition) is 2. The quantitative estimate of drug-likeness (QED) is 0.811. The van der Waals surface area contributed by atoms with Crippen molar-refractivity contribution in [1.82, 2.24) is 10.6 Å². The van der Waals surface area contributed by atoms with Crippen molar-refractivity contribution in [2.75, 3.05) is 19.6 Å². The summed E-state index contributed by atoms with van der Waals surface area (Å²) < 4.78 is 0. The van der Waals surface area contributed by atoms with E-state index in [9.17, 15) is 4.79 Å². The zero-order chi connectivity index (χ0) is 15.8. The van der Waals surface area contributed by atoms with Crippen molar-refractivity contribution in [3.63, 3.8) is 0 Å². The van der Waals surface area contributed by atoms with Crippen LogP contribution in [0.5, 0.6) is 0 Å². The molecule has 0 aromatic heterocycles. The highest BCUT2D eigenvalue weighted by atomic mass is 16.1. The van der Waals surface area contributed by atoms with Gasteiger partial charge in [-0.3, -0.25) is 4.79 Å². The average Bonchev–Trinajstić information content (AvgIpc) is 2.55. The molecule has 1 heterocycles. The van der Waals surface area contributed by atoms with Gasteiger partial charge in [0.15, 0.2) is 0 Å². The number of carbonyl (C=O) groups is 1. The second kappa shape index (κ2) is 8.94. The molecule has 1 aliphatic rings. The third-order valence-electron chi connectivity index (χ3n) is 4.79. The summed E-state index contributed by atoms with van der Waals surface area (Å²) in [4.78, 5) is 12.1. The Morgan fingerprint density at radius 2 is 1.91 bits per heavy atom. The lowest BCUT2D eigenvalue weighted by atomic mass is 9.88. The highest BCUT2D eigenvalue weighted by molar-refractivity contribution is 5.75. The molecule has 1 aromatic rings. The van der Waals surface area contributed by atoms with Crippen LogP contribution in [-0.2, 0) is 4.79 Å². The van der Waals surface area contributed by atoms with Crippen LogP contribution in [0, 0.1) is 11.8 Å². The SMILES string of the molecule is CC(C)C(CNC(=O)CCC1CCNCC1)c1ccccc1. The van der Waals surface area contributed by atoms with Gasteiger partial charge in [0.1, 0.15) is 0 Å². The van der Waals surface area contributed by atoms with Gasteiger partial charge in [0.05, 0.1) is 0 Å². The molecule has 1 aliphatic heterocycles. The molecular formula is C19H30N2O. The minimum atomic E-state index is 0.208. The molecule has 0 spiro atoms. The Kier molecular flexibility index (Phi) is 6.91. The van der Waals surface area contributed by atoms with E-state index >= 15 is 0 Å². The predicted octanol–water partition coefficient (Wildman–Crippen LogP) is 3.32. The first-order valence-electron chi connectivity index (χ1n) is 8.69. The van der Waals surface area contributed by atoms with Gasteiger partial charge in [-0.1, -0.05) is 44.2 Å². The molecule has 2 N–H and O–H groups in total. The fourth-order valence-corrected chi connectivity index (χ4v) is 3.26. The lowest BCUT2D eigenvalue weighted by molar-refractivity contribution is -0.121.